The molecule has 0 aromatic heterocycles. The van der Waals surface area contributed by atoms with Gasteiger partial charge in [-0.1, -0.05) is 30.3 Å². The maximum Gasteiger partial charge on any atom is 0.573 e. The second kappa shape index (κ2) is 8.06. The van der Waals surface area contributed by atoms with E-state index in [2.05, 4.69) is 15.4 Å². The molecule has 0 amide bonds. The van der Waals surface area contributed by atoms with Crippen LogP contribution in [0.4, 0.5) is 18.9 Å². The van der Waals surface area contributed by atoms with E-state index in [1.54, 1.807) is 0 Å². The molecule has 3 rings (SSSR count). The average molecular weight is 381 g/mol. The van der Waals surface area contributed by atoms with Crippen LogP contribution < -0.4 is 25.0 Å². The van der Waals surface area contributed by atoms with Gasteiger partial charge < -0.3 is 19.7 Å². The minimum Gasteiger partial charge on any atom is -0.495 e. The molecule has 1 aliphatic heterocycles. The van der Waals surface area contributed by atoms with Gasteiger partial charge in [0, 0.05) is 26.2 Å². The molecule has 0 saturated carbocycles. The van der Waals surface area contributed by atoms with Crippen LogP contribution in [0.2, 0.25) is 0 Å². The van der Waals surface area contributed by atoms with Crippen molar-refractivity contribution in [1.82, 2.24) is 10.6 Å². The van der Waals surface area contributed by atoms with Gasteiger partial charge in [-0.25, -0.2) is 0 Å². The Hall–Kier alpha value is -2.45. The van der Waals surface area contributed by atoms with Crippen LogP contribution in [-0.2, 0) is 0 Å². The van der Waals surface area contributed by atoms with Crippen LogP contribution in [-0.4, -0.2) is 39.8 Å². The molecule has 0 bridgehead atoms. The van der Waals surface area contributed by atoms with Gasteiger partial charge in [0.15, 0.2) is 0 Å². The zero-order chi connectivity index (χ0) is 19.4. The summed E-state index contributed by atoms with van der Waals surface area (Å²) in [5, 5.41) is 6.90. The molecule has 5 nitrogen and oxygen atoms in total. The van der Waals surface area contributed by atoms with Gasteiger partial charge in [-0.2, -0.15) is 0 Å². The Labute approximate surface area is 156 Å². The van der Waals surface area contributed by atoms with Crippen molar-refractivity contribution in [2.75, 3.05) is 32.1 Å². The molecule has 2 aromatic carbocycles. The SMILES string of the molecule is COc1ccc(OC(F)(F)F)cc1N(C)C1NCCNC1c1ccccc1. The molecule has 0 radical (unpaired) electrons. The maximum atomic E-state index is 12.6. The number of alkyl halides is 3. The van der Waals surface area contributed by atoms with Crippen LogP contribution in [0.3, 0.4) is 0 Å². The number of methoxy groups -OCH3 is 1. The summed E-state index contributed by atoms with van der Waals surface area (Å²) in [6, 6.07) is 13.9. The summed E-state index contributed by atoms with van der Waals surface area (Å²) < 4.78 is 47.2. The highest BCUT2D eigenvalue weighted by atomic mass is 19.4. The fourth-order valence-electron chi connectivity index (χ4n) is 3.29. The van der Waals surface area contributed by atoms with Gasteiger partial charge in [-0.15, -0.1) is 13.2 Å². The molecular weight excluding hydrogens is 359 g/mol. The lowest BCUT2D eigenvalue weighted by molar-refractivity contribution is -0.274. The smallest absolute Gasteiger partial charge is 0.495 e. The Bertz CT molecular complexity index is 756. The number of anilines is 1. The van der Waals surface area contributed by atoms with Crippen LogP contribution in [0.5, 0.6) is 11.5 Å². The minimum absolute atomic E-state index is 0.0400. The van der Waals surface area contributed by atoms with Crippen LogP contribution in [0, 0.1) is 0 Å². The predicted octanol–water partition coefficient (Wildman–Crippen LogP) is 3.29. The second-order valence-corrected chi connectivity index (χ2v) is 6.23. The maximum absolute atomic E-state index is 12.6. The summed E-state index contributed by atoms with van der Waals surface area (Å²) in [6.45, 7) is 1.53. The molecule has 2 unspecified atom stereocenters. The quantitative estimate of drug-likeness (QED) is 0.832. The van der Waals surface area contributed by atoms with Crippen LogP contribution >= 0.6 is 0 Å². The van der Waals surface area contributed by atoms with Gasteiger partial charge in [-0.3, -0.25) is 5.32 Å². The van der Waals surface area contributed by atoms with Crippen molar-refractivity contribution in [2.45, 2.75) is 18.6 Å². The number of hydrogen-bond donors (Lipinski definition) is 2. The number of benzene rings is 2. The Balaban J connectivity index is 1.92. The van der Waals surface area contributed by atoms with E-state index in [1.165, 1.54) is 25.3 Å². The third-order valence-electron chi connectivity index (χ3n) is 4.50. The number of halogens is 3. The number of ether oxygens (including phenoxy) is 2. The molecule has 0 spiro atoms. The summed E-state index contributed by atoms with van der Waals surface area (Å²) in [7, 11) is 3.30. The van der Waals surface area contributed by atoms with Crippen molar-refractivity contribution in [3.8, 4) is 11.5 Å². The lowest BCUT2D eigenvalue weighted by Crippen LogP contribution is -2.58. The highest BCUT2D eigenvalue weighted by molar-refractivity contribution is 5.62. The first-order valence-corrected chi connectivity index (χ1v) is 8.57. The van der Waals surface area contributed by atoms with Crippen LogP contribution in [0.25, 0.3) is 0 Å². The predicted molar refractivity (Wildman–Crippen MR) is 97.1 cm³/mol. The number of nitrogens with zero attached hydrogens (tertiary/aromatic N) is 1. The van der Waals surface area contributed by atoms with E-state index in [0.29, 0.717) is 11.4 Å². The largest absolute Gasteiger partial charge is 0.573 e. The lowest BCUT2D eigenvalue weighted by atomic mass is 10.0. The van der Waals surface area contributed by atoms with Gasteiger partial charge in [0.25, 0.3) is 0 Å². The van der Waals surface area contributed by atoms with Crippen molar-refractivity contribution in [3.63, 3.8) is 0 Å². The van der Waals surface area contributed by atoms with Crippen molar-refractivity contribution >= 4 is 5.69 Å². The normalized spacial score (nSPS) is 20.2. The van der Waals surface area contributed by atoms with Gasteiger partial charge in [0.2, 0.25) is 0 Å². The molecule has 146 valence electrons. The van der Waals surface area contributed by atoms with Crippen molar-refractivity contribution in [1.29, 1.82) is 0 Å². The van der Waals surface area contributed by atoms with E-state index in [1.807, 2.05) is 42.3 Å². The molecule has 1 saturated heterocycles. The van der Waals surface area contributed by atoms with Gasteiger partial charge in [0.1, 0.15) is 11.5 Å². The zero-order valence-electron chi connectivity index (χ0n) is 15.1. The summed E-state index contributed by atoms with van der Waals surface area (Å²) in [4.78, 5) is 1.87. The standard InChI is InChI=1S/C19H22F3N3O2/c1-25(15-12-14(27-19(20,21)22)8-9-16(15)26-2)18-17(23-10-11-24-18)13-6-4-3-5-7-13/h3-9,12,17-18,23-24H,10-11H2,1-2H3. The highest BCUT2D eigenvalue weighted by Gasteiger charge is 2.33. The Morgan fingerprint density at radius 3 is 2.41 bits per heavy atom. The van der Waals surface area contributed by atoms with E-state index in [0.717, 1.165) is 18.7 Å². The fourth-order valence-corrected chi connectivity index (χ4v) is 3.29. The van der Waals surface area contributed by atoms with Crippen LogP contribution in [0.15, 0.2) is 48.5 Å². The summed E-state index contributed by atoms with van der Waals surface area (Å²) in [5.74, 6) is 0.177. The molecule has 1 aliphatic rings. The van der Waals surface area contributed by atoms with E-state index in [-0.39, 0.29) is 18.0 Å². The van der Waals surface area contributed by atoms with E-state index >= 15 is 0 Å². The average Bonchev–Trinajstić information content (AvgIpc) is 2.67. The van der Waals surface area contributed by atoms with E-state index < -0.39 is 6.36 Å². The number of piperazine rings is 1. The molecule has 2 atom stereocenters. The van der Waals surface area contributed by atoms with Crippen molar-refractivity contribution in [2.24, 2.45) is 0 Å². The Morgan fingerprint density at radius 2 is 1.74 bits per heavy atom. The Kier molecular flexibility index (Phi) is 5.76. The van der Waals surface area contributed by atoms with Gasteiger partial charge in [0.05, 0.1) is 25.0 Å². The van der Waals surface area contributed by atoms with E-state index in [9.17, 15) is 13.2 Å². The highest BCUT2D eigenvalue weighted by Crippen LogP contribution is 2.36. The monoisotopic (exact) mass is 381 g/mol. The fraction of sp³-hybridized carbons (Fsp3) is 0.368. The van der Waals surface area contributed by atoms with Gasteiger partial charge >= 0.3 is 6.36 Å². The van der Waals surface area contributed by atoms with Crippen molar-refractivity contribution < 1.29 is 22.6 Å². The lowest BCUT2D eigenvalue weighted by Gasteiger charge is -2.41. The molecule has 2 N–H and O–H groups in total. The number of hydrogen-bond acceptors (Lipinski definition) is 5. The molecule has 1 fully saturated rings. The summed E-state index contributed by atoms with van der Waals surface area (Å²) in [6.07, 6.45) is -4.93. The second-order valence-electron chi connectivity index (χ2n) is 6.23. The summed E-state index contributed by atoms with van der Waals surface area (Å²) >= 11 is 0. The molecule has 1 heterocycles. The number of rotatable bonds is 5. The molecule has 2 aromatic rings. The zero-order valence-corrected chi connectivity index (χ0v) is 15.1. The van der Waals surface area contributed by atoms with Crippen molar-refractivity contribution in [3.05, 3.63) is 54.1 Å². The minimum atomic E-state index is -4.75. The molecular formula is C19H22F3N3O2. The Morgan fingerprint density at radius 1 is 1.04 bits per heavy atom. The third kappa shape index (κ3) is 4.64. The molecule has 0 aliphatic carbocycles. The first-order valence-electron chi connectivity index (χ1n) is 8.57. The molecule has 8 heteroatoms. The van der Waals surface area contributed by atoms with E-state index in [4.69, 9.17) is 4.74 Å². The summed E-state index contributed by atoms with van der Waals surface area (Å²) in [5.41, 5.74) is 1.59. The third-order valence-corrected chi connectivity index (χ3v) is 4.50. The topological polar surface area (TPSA) is 45.8 Å². The number of nitrogens with one attached hydrogen (secondary N) is 2. The van der Waals surface area contributed by atoms with Crippen LogP contribution in [0.1, 0.15) is 11.6 Å². The molecule has 27 heavy (non-hydrogen) atoms. The van der Waals surface area contributed by atoms with Gasteiger partial charge in [-0.05, 0) is 17.7 Å². The first kappa shape index (κ1) is 19.3. The number of likely N-dealkylation sites (N-methyl/N-ethyl adjacent to an activating group) is 1. The first-order chi connectivity index (χ1) is 12.9.